The van der Waals surface area contributed by atoms with Gasteiger partial charge in [0.25, 0.3) is 11.8 Å². The van der Waals surface area contributed by atoms with Gasteiger partial charge >= 0.3 is 0 Å². The van der Waals surface area contributed by atoms with Crippen LogP contribution in [-0.2, 0) is 9.59 Å². The standard InChI is InChI=1S/C28H42N4O4/c1-2-3-4-5-6-7-8-9-16-30-26(34)24-15-18-32(20-24)28(36)22-12-10-21(11-13-22)27(35)31-17-14-23(19-31)25(29)33/h10-13,23-24H,2-9,14-20H2,1H3,(H2,29,33)(H,30,34)/t23-,24-/m0/s1. The molecule has 1 aromatic carbocycles. The molecule has 0 unspecified atom stereocenters. The number of carbonyl (C=O) groups is 4. The van der Waals surface area contributed by atoms with Crippen molar-refractivity contribution in [1.29, 1.82) is 0 Å². The molecule has 198 valence electrons. The van der Waals surface area contributed by atoms with Crippen molar-refractivity contribution in [3.63, 3.8) is 0 Å². The number of nitrogens with one attached hydrogen (secondary N) is 1. The largest absolute Gasteiger partial charge is 0.369 e. The van der Waals surface area contributed by atoms with Crippen LogP contribution in [0.2, 0.25) is 0 Å². The molecule has 4 amide bonds. The molecule has 0 radical (unpaired) electrons. The Balaban J connectivity index is 1.37. The number of benzene rings is 1. The summed E-state index contributed by atoms with van der Waals surface area (Å²) in [5.74, 6) is -1.09. The van der Waals surface area contributed by atoms with E-state index in [2.05, 4.69) is 12.2 Å². The van der Waals surface area contributed by atoms with Crippen LogP contribution in [-0.4, -0.2) is 66.2 Å². The molecule has 8 heteroatoms. The Morgan fingerprint density at radius 1 is 0.778 bits per heavy atom. The van der Waals surface area contributed by atoms with Gasteiger partial charge in [-0.05, 0) is 43.5 Å². The molecule has 8 nitrogen and oxygen atoms in total. The van der Waals surface area contributed by atoms with Gasteiger partial charge in [0.1, 0.15) is 0 Å². The number of nitrogens with zero attached hydrogens (tertiary/aromatic N) is 2. The van der Waals surface area contributed by atoms with Crippen LogP contribution in [0.5, 0.6) is 0 Å². The molecule has 1 aromatic rings. The number of unbranched alkanes of at least 4 members (excludes halogenated alkanes) is 7. The summed E-state index contributed by atoms with van der Waals surface area (Å²) in [5.41, 5.74) is 6.34. The van der Waals surface area contributed by atoms with E-state index in [1.54, 1.807) is 34.1 Å². The average Bonchev–Trinajstić information content (AvgIpc) is 3.58. The van der Waals surface area contributed by atoms with Gasteiger partial charge < -0.3 is 20.9 Å². The summed E-state index contributed by atoms with van der Waals surface area (Å²) >= 11 is 0. The Hall–Kier alpha value is -2.90. The fourth-order valence-corrected chi connectivity index (χ4v) is 5.07. The van der Waals surface area contributed by atoms with Gasteiger partial charge in [0.05, 0.1) is 11.8 Å². The highest BCUT2D eigenvalue weighted by Gasteiger charge is 2.32. The van der Waals surface area contributed by atoms with E-state index in [9.17, 15) is 19.2 Å². The van der Waals surface area contributed by atoms with Crippen LogP contribution < -0.4 is 11.1 Å². The second-order valence-electron chi connectivity index (χ2n) is 10.2. The SMILES string of the molecule is CCCCCCCCCCNC(=O)[C@H]1CCN(C(=O)c2ccc(C(=O)N3CC[C@H](C(N)=O)C3)cc2)C1. The third kappa shape index (κ3) is 7.80. The number of hydrogen-bond acceptors (Lipinski definition) is 4. The van der Waals surface area contributed by atoms with Gasteiger partial charge in [-0.25, -0.2) is 0 Å². The normalized spacial score (nSPS) is 19.5. The van der Waals surface area contributed by atoms with Crippen LogP contribution >= 0.6 is 0 Å². The molecule has 2 aliphatic rings. The fraction of sp³-hybridized carbons (Fsp3) is 0.643. The molecule has 2 heterocycles. The highest BCUT2D eigenvalue weighted by atomic mass is 16.2. The average molecular weight is 499 g/mol. The second-order valence-corrected chi connectivity index (χ2v) is 10.2. The summed E-state index contributed by atoms with van der Waals surface area (Å²) in [5, 5.41) is 3.04. The van der Waals surface area contributed by atoms with Crippen LogP contribution in [0.15, 0.2) is 24.3 Å². The first-order valence-electron chi connectivity index (χ1n) is 13.7. The van der Waals surface area contributed by atoms with Crippen molar-refractivity contribution in [1.82, 2.24) is 15.1 Å². The van der Waals surface area contributed by atoms with Gasteiger partial charge in [-0.2, -0.15) is 0 Å². The molecule has 0 aliphatic carbocycles. The topological polar surface area (TPSA) is 113 Å². The summed E-state index contributed by atoms with van der Waals surface area (Å²) in [4.78, 5) is 52.9. The Kier molecular flexibility index (Phi) is 10.8. The molecular weight excluding hydrogens is 456 g/mol. The predicted octanol–water partition coefficient (Wildman–Crippen LogP) is 3.35. The van der Waals surface area contributed by atoms with E-state index in [0.29, 0.717) is 56.7 Å². The lowest BCUT2D eigenvalue weighted by atomic mass is 10.1. The molecule has 2 fully saturated rings. The summed E-state index contributed by atoms with van der Waals surface area (Å²) in [6.07, 6.45) is 11.1. The monoisotopic (exact) mass is 498 g/mol. The van der Waals surface area contributed by atoms with Gasteiger partial charge in [0, 0.05) is 43.9 Å². The molecule has 0 saturated carbocycles. The van der Waals surface area contributed by atoms with Crippen molar-refractivity contribution in [2.45, 2.75) is 71.1 Å². The first-order valence-corrected chi connectivity index (χ1v) is 13.7. The predicted molar refractivity (Wildman–Crippen MR) is 139 cm³/mol. The van der Waals surface area contributed by atoms with E-state index in [4.69, 9.17) is 5.73 Å². The Labute approximate surface area is 215 Å². The maximum Gasteiger partial charge on any atom is 0.253 e. The summed E-state index contributed by atoms with van der Waals surface area (Å²) in [6.45, 7) is 4.74. The number of amides is 4. The Bertz CT molecular complexity index is 901. The van der Waals surface area contributed by atoms with E-state index >= 15 is 0 Å². The minimum Gasteiger partial charge on any atom is -0.369 e. The smallest absolute Gasteiger partial charge is 0.253 e. The van der Waals surface area contributed by atoms with Crippen LogP contribution in [0.1, 0.15) is 91.8 Å². The molecule has 36 heavy (non-hydrogen) atoms. The second kappa shape index (κ2) is 14.0. The van der Waals surface area contributed by atoms with Crippen LogP contribution in [0, 0.1) is 11.8 Å². The van der Waals surface area contributed by atoms with Crippen molar-refractivity contribution in [3.8, 4) is 0 Å². The molecule has 2 saturated heterocycles. The fourth-order valence-electron chi connectivity index (χ4n) is 5.07. The van der Waals surface area contributed by atoms with Crippen molar-refractivity contribution in [3.05, 3.63) is 35.4 Å². The van der Waals surface area contributed by atoms with Crippen LogP contribution in [0.4, 0.5) is 0 Å². The summed E-state index contributed by atoms with van der Waals surface area (Å²) in [6, 6.07) is 6.62. The zero-order chi connectivity index (χ0) is 25.9. The Morgan fingerprint density at radius 2 is 1.25 bits per heavy atom. The first kappa shape index (κ1) is 27.7. The maximum atomic E-state index is 12.9. The first-order chi connectivity index (χ1) is 17.4. The van der Waals surface area contributed by atoms with E-state index in [-0.39, 0.29) is 35.5 Å². The maximum absolute atomic E-state index is 12.9. The molecule has 0 aromatic heterocycles. The third-order valence-corrected chi connectivity index (χ3v) is 7.43. The zero-order valence-electron chi connectivity index (χ0n) is 21.7. The lowest BCUT2D eigenvalue weighted by Gasteiger charge is -2.18. The van der Waals surface area contributed by atoms with Crippen molar-refractivity contribution < 1.29 is 19.2 Å². The minimum atomic E-state index is -0.378. The number of rotatable bonds is 13. The summed E-state index contributed by atoms with van der Waals surface area (Å²) < 4.78 is 0. The van der Waals surface area contributed by atoms with E-state index in [1.165, 1.54) is 38.5 Å². The molecule has 3 rings (SSSR count). The van der Waals surface area contributed by atoms with Crippen LogP contribution in [0.25, 0.3) is 0 Å². The number of carbonyl (C=O) groups excluding carboxylic acids is 4. The lowest BCUT2D eigenvalue weighted by molar-refractivity contribution is -0.124. The minimum absolute atomic E-state index is 0.0362. The van der Waals surface area contributed by atoms with E-state index in [1.807, 2.05) is 0 Å². The van der Waals surface area contributed by atoms with Gasteiger partial charge in [-0.1, -0.05) is 51.9 Å². The lowest BCUT2D eigenvalue weighted by Crippen LogP contribution is -2.35. The quantitative estimate of drug-likeness (QED) is 0.406. The summed E-state index contributed by atoms with van der Waals surface area (Å²) in [7, 11) is 0. The molecule has 2 atom stereocenters. The number of hydrogen-bond donors (Lipinski definition) is 2. The van der Waals surface area contributed by atoms with Gasteiger partial charge in [0.2, 0.25) is 11.8 Å². The van der Waals surface area contributed by atoms with Crippen molar-refractivity contribution in [2.24, 2.45) is 17.6 Å². The van der Waals surface area contributed by atoms with E-state index < -0.39 is 0 Å². The molecule has 2 aliphatic heterocycles. The van der Waals surface area contributed by atoms with Gasteiger partial charge in [0.15, 0.2) is 0 Å². The highest BCUT2D eigenvalue weighted by Crippen LogP contribution is 2.21. The molecule has 0 bridgehead atoms. The third-order valence-electron chi connectivity index (χ3n) is 7.43. The van der Waals surface area contributed by atoms with Crippen molar-refractivity contribution in [2.75, 3.05) is 32.7 Å². The highest BCUT2D eigenvalue weighted by molar-refractivity contribution is 5.98. The Morgan fingerprint density at radius 3 is 1.75 bits per heavy atom. The number of likely N-dealkylation sites (tertiary alicyclic amines) is 2. The van der Waals surface area contributed by atoms with Gasteiger partial charge in [-0.3, -0.25) is 19.2 Å². The van der Waals surface area contributed by atoms with Gasteiger partial charge in [-0.15, -0.1) is 0 Å². The zero-order valence-corrected chi connectivity index (χ0v) is 21.7. The number of primary amides is 1. The van der Waals surface area contributed by atoms with E-state index in [0.717, 1.165) is 12.8 Å². The molecular formula is C28H42N4O4. The number of nitrogens with two attached hydrogens (primary N) is 1. The van der Waals surface area contributed by atoms with Crippen molar-refractivity contribution >= 4 is 23.6 Å². The van der Waals surface area contributed by atoms with Crippen LogP contribution in [0.3, 0.4) is 0 Å². The molecule has 0 spiro atoms. The molecule has 3 N–H and O–H groups in total.